The summed E-state index contributed by atoms with van der Waals surface area (Å²) in [5.41, 5.74) is -0.229. The van der Waals surface area contributed by atoms with Crippen LogP contribution in [0.5, 0.6) is 0 Å². The number of benzene rings is 1. The van der Waals surface area contributed by atoms with Gasteiger partial charge in [-0.2, -0.15) is 4.31 Å². The zero-order valence-corrected chi connectivity index (χ0v) is 14.2. The number of rotatable bonds is 4. The van der Waals surface area contributed by atoms with E-state index in [0.29, 0.717) is 25.3 Å². The van der Waals surface area contributed by atoms with Crippen molar-refractivity contribution >= 4 is 15.9 Å². The highest BCUT2D eigenvalue weighted by Crippen LogP contribution is 2.28. The van der Waals surface area contributed by atoms with Crippen molar-refractivity contribution in [2.45, 2.75) is 43.2 Å². The predicted octanol–water partition coefficient (Wildman–Crippen LogP) is 1.38. The molecule has 0 aromatic heterocycles. The van der Waals surface area contributed by atoms with Crippen molar-refractivity contribution in [2.75, 3.05) is 19.8 Å². The number of sulfonamides is 1. The molecule has 6 nitrogen and oxygen atoms in total. The largest absolute Gasteiger partial charge is 0.378 e. The average Bonchev–Trinajstić information content (AvgIpc) is 3.30. The first kappa shape index (κ1) is 16.4. The highest BCUT2D eigenvalue weighted by molar-refractivity contribution is 7.89. The summed E-state index contributed by atoms with van der Waals surface area (Å²) in [5.74, 6) is -0.217. The molecule has 2 fully saturated rings. The van der Waals surface area contributed by atoms with E-state index in [1.165, 1.54) is 16.4 Å². The summed E-state index contributed by atoms with van der Waals surface area (Å²) in [4.78, 5) is 12.3. The van der Waals surface area contributed by atoms with Crippen molar-refractivity contribution in [1.82, 2.24) is 9.62 Å². The van der Waals surface area contributed by atoms with Gasteiger partial charge in [0.05, 0.1) is 23.6 Å². The lowest BCUT2D eigenvalue weighted by atomic mass is 10.1. The van der Waals surface area contributed by atoms with Gasteiger partial charge in [-0.25, -0.2) is 8.42 Å². The SMILES string of the molecule is CC1(C)COCCN1S(=O)(=O)c1cccc(C(=O)NC2CC2)c1. The first-order valence-electron chi connectivity index (χ1n) is 7.82. The van der Waals surface area contributed by atoms with Gasteiger partial charge in [0.1, 0.15) is 0 Å². The summed E-state index contributed by atoms with van der Waals surface area (Å²) >= 11 is 0. The molecule has 0 unspecified atom stereocenters. The number of morpholine rings is 1. The van der Waals surface area contributed by atoms with Crippen LogP contribution in [0, 0.1) is 0 Å². The van der Waals surface area contributed by atoms with Crippen LogP contribution in [-0.2, 0) is 14.8 Å². The lowest BCUT2D eigenvalue weighted by Gasteiger charge is -2.40. The minimum Gasteiger partial charge on any atom is -0.378 e. The minimum atomic E-state index is -3.67. The Bertz CT molecular complexity index is 711. The van der Waals surface area contributed by atoms with E-state index in [4.69, 9.17) is 4.74 Å². The van der Waals surface area contributed by atoms with Gasteiger partial charge in [-0.3, -0.25) is 4.79 Å². The van der Waals surface area contributed by atoms with E-state index < -0.39 is 15.6 Å². The van der Waals surface area contributed by atoms with Gasteiger partial charge in [0, 0.05) is 18.2 Å². The van der Waals surface area contributed by atoms with E-state index in [-0.39, 0.29) is 16.8 Å². The van der Waals surface area contributed by atoms with Crippen molar-refractivity contribution in [3.8, 4) is 0 Å². The Labute approximate surface area is 136 Å². The van der Waals surface area contributed by atoms with E-state index in [9.17, 15) is 13.2 Å². The fourth-order valence-electron chi connectivity index (χ4n) is 2.71. The molecule has 1 aliphatic carbocycles. The number of hydrogen-bond donors (Lipinski definition) is 1. The van der Waals surface area contributed by atoms with Crippen LogP contribution in [0.4, 0.5) is 0 Å². The number of hydrogen-bond acceptors (Lipinski definition) is 4. The molecular formula is C16H22N2O4S. The van der Waals surface area contributed by atoms with Crippen molar-refractivity contribution in [3.63, 3.8) is 0 Å². The van der Waals surface area contributed by atoms with Crippen LogP contribution in [0.1, 0.15) is 37.0 Å². The number of nitrogens with zero attached hydrogens (tertiary/aromatic N) is 1. The normalized spacial score (nSPS) is 21.8. The summed E-state index contributed by atoms with van der Waals surface area (Å²) in [6.07, 6.45) is 1.98. The van der Waals surface area contributed by atoms with E-state index in [2.05, 4.69) is 5.32 Å². The zero-order chi connectivity index (χ0) is 16.7. The molecular weight excluding hydrogens is 316 g/mol. The van der Waals surface area contributed by atoms with Gasteiger partial charge < -0.3 is 10.1 Å². The number of nitrogens with one attached hydrogen (secondary N) is 1. The Morgan fingerprint density at radius 1 is 1.35 bits per heavy atom. The Morgan fingerprint density at radius 2 is 2.09 bits per heavy atom. The van der Waals surface area contributed by atoms with Gasteiger partial charge >= 0.3 is 0 Å². The summed E-state index contributed by atoms with van der Waals surface area (Å²) in [6, 6.07) is 6.48. The maximum atomic E-state index is 13.0. The molecule has 23 heavy (non-hydrogen) atoms. The highest BCUT2D eigenvalue weighted by atomic mass is 32.2. The lowest BCUT2D eigenvalue weighted by molar-refractivity contribution is -0.00770. The van der Waals surface area contributed by atoms with E-state index in [1.807, 2.05) is 13.8 Å². The molecule has 126 valence electrons. The third kappa shape index (κ3) is 3.41. The van der Waals surface area contributed by atoms with Crippen molar-refractivity contribution < 1.29 is 17.9 Å². The second kappa shape index (κ2) is 5.89. The van der Waals surface area contributed by atoms with Gasteiger partial charge in [-0.05, 0) is 44.9 Å². The molecule has 2 aliphatic rings. The molecule has 1 heterocycles. The van der Waals surface area contributed by atoms with Gasteiger partial charge in [-0.15, -0.1) is 0 Å². The Kier molecular flexibility index (Phi) is 4.20. The average molecular weight is 338 g/mol. The van der Waals surface area contributed by atoms with Crippen LogP contribution in [0.3, 0.4) is 0 Å². The number of carbonyl (C=O) groups excluding carboxylic acids is 1. The number of carbonyl (C=O) groups is 1. The molecule has 0 bridgehead atoms. The van der Waals surface area contributed by atoms with Gasteiger partial charge in [0.25, 0.3) is 5.91 Å². The maximum Gasteiger partial charge on any atom is 0.251 e. The van der Waals surface area contributed by atoms with Crippen LogP contribution < -0.4 is 5.32 Å². The van der Waals surface area contributed by atoms with Crippen molar-refractivity contribution in [2.24, 2.45) is 0 Å². The van der Waals surface area contributed by atoms with Crippen molar-refractivity contribution in [1.29, 1.82) is 0 Å². The van der Waals surface area contributed by atoms with Crippen LogP contribution in [0.2, 0.25) is 0 Å². The van der Waals surface area contributed by atoms with Crippen LogP contribution in [0.25, 0.3) is 0 Å². The molecule has 1 amide bonds. The molecule has 0 spiro atoms. The highest BCUT2D eigenvalue weighted by Gasteiger charge is 2.39. The fourth-order valence-corrected chi connectivity index (χ4v) is 4.51. The smallest absolute Gasteiger partial charge is 0.251 e. The Balaban J connectivity index is 1.88. The van der Waals surface area contributed by atoms with E-state index in [1.54, 1.807) is 12.1 Å². The Hall–Kier alpha value is -1.44. The number of ether oxygens (including phenoxy) is 1. The van der Waals surface area contributed by atoms with Gasteiger partial charge in [0.15, 0.2) is 0 Å². The zero-order valence-electron chi connectivity index (χ0n) is 13.4. The first-order chi connectivity index (χ1) is 10.8. The first-order valence-corrected chi connectivity index (χ1v) is 9.26. The van der Waals surface area contributed by atoms with Crippen LogP contribution >= 0.6 is 0 Å². The summed E-state index contributed by atoms with van der Waals surface area (Å²) in [7, 11) is -3.67. The van der Waals surface area contributed by atoms with Crippen molar-refractivity contribution in [3.05, 3.63) is 29.8 Å². The predicted molar refractivity (Wildman–Crippen MR) is 85.7 cm³/mol. The fraction of sp³-hybridized carbons (Fsp3) is 0.562. The van der Waals surface area contributed by atoms with Gasteiger partial charge in [-0.1, -0.05) is 6.07 Å². The molecule has 1 aromatic rings. The van der Waals surface area contributed by atoms with E-state index in [0.717, 1.165) is 12.8 Å². The summed E-state index contributed by atoms with van der Waals surface area (Å²) < 4.78 is 32.7. The molecule has 1 aliphatic heterocycles. The molecule has 0 atom stereocenters. The summed E-state index contributed by atoms with van der Waals surface area (Å²) in [5, 5.41) is 2.88. The number of amides is 1. The molecule has 7 heteroatoms. The second-order valence-electron chi connectivity index (χ2n) is 6.72. The monoisotopic (exact) mass is 338 g/mol. The van der Waals surface area contributed by atoms with E-state index >= 15 is 0 Å². The Morgan fingerprint density at radius 3 is 2.74 bits per heavy atom. The topological polar surface area (TPSA) is 75.7 Å². The maximum absolute atomic E-state index is 13.0. The molecule has 1 N–H and O–H groups in total. The lowest BCUT2D eigenvalue weighted by Crippen LogP contribution is -2.55. The molecule has 1 saturated heterocycles. The molecule has 3 rings (SSSR count). The minimum absolute atomic E-state index is 0.149. The quantitative estimate of drug-likeness (QED) is 0.900. The molecule has 1 aromatic carbocycles. The van der Waals surface area contributed by atoms with Gasteiger partial charge in [0.2, 0.25) is 10.0 Å². The molecule has 1 saturated carbocycles. The third-order valence-corrected chi connectivity index (χ3v) is 6.27. The third-order valence-electron chi connectivity index (χ3n) is 4.17. The van der Waals surface area contributed by atoms with Crippen LogP contribution in [0.15, 0.2) is 29.2 Å². The second-order valence-corrected chi connectivity index (χ2v) is 8.58. The van der Waals surface area contributed by atoms with Crippen LogP contribution in [-0.4, -0.2) is 50.0 Å². The summed E-state index contributed by atoms with van der Waals surface area (Å²) in [6.45, 7) is 4.73. The standard InChI is InChI=1S/C16H22N2O4S/c1-16(2)11-22-9-8-18(16)23(20,21)14-5-3-4-12(10-14)15(19)17-13-6-7-13/h3-5,10,13H,6-9,11H2,1-2H3,(H,17,19). The molecule has 0 radical (unpaired) electrons.